The number of sulfone groups is 1. The summed E-state index contributed by atoms with van der Waals surface area (Å²) >= 11 is 0. The van der Waals surface area contributed by atoms with Crippen LogP contribution in [0.2, 0.25) is 0 Å². The van der Waals surface area contributed by atoms with Gasteiger partial charge in [0.25, 0.3) is 0 Å². The highest BCUT2D eigenvalue weighted by Gasteiger charge is 2.46. The molecule has 0 amide bonds. The Hall–Kier alpha value is -0.940. The van der Waals surface area contributed by atoms with E-state index in [1.54, 1.807) is 31.6 Å². The van der Waals surface area contributed by atoms with Crippen molar-refractivity contribution < 1.29 is 8.42 Å². The van der Waals surface area contributed by atoms with Gasteiger partial charge in [-0.05, 0) is 18.7 Å². The summed E-state index contributed by atoms with van der Waals surface area (Å²) in [7, 11) is -1.16. The predicted octanol–water partition coefficient (Wildman–Crippen LogP) is 0.139. The van der Waals surface area contributed by atoms with Crippen LogP contribution in [0, 0.1) is 0 Å². The van der Waals surface area contributed by atoms with Gasteiger partial charge in [-0.15, -0.1) is 0 Å². The Balaban J connectivity index is 2.34. The van der Waals surface area contributed by atoms with Crippen molar-refractivity contribution in [2.75, 3.05) is 12.8 Å². The van der Waals surface area contributed by atoms with Gasteiger partial charge in [0.15, 0.2) is 9.84 Å². The molecule has 1 saturated heterocycles. The largest absolute Gasteiger partial charge is 0.314 e. The van der Waals surface area contributed by atoms with Crippen LogP contribution < -0.4 is 5.32 Å². The normalized spacial score (nSPS) is 29.5. The molecule has 2 atom stereocenters. The molecular formula is C9H12N2O2S. The molecule has 2 unspecified atom stereocenters. The van der Waals surface area contributed by atoms with E-state index in [-0.39, 0.29) is 11.8 Å². The maximum absolute atomic E-state index is 11.5. The highest BCUT2D eigenvalue weighted by molar-refractivity contribution is 7.93. The van der Waals surface area contributed by atoms with Gasteiger partial charge in [0.05, 0.1) is 5.75 Å². The lowest BCUT2D eigenvalue weighted by molar-refractivity contribution is 0.482. The monoisotopic (exact) mass is 212 g/mol. The molecule has 1 aliphatic heterocycles. The van der Waals surface area contributed by atoms with Crippen LogP contribution in [0.25, 0.3) is 0 Å². The van der Waals surface area contributed by atoms with E-state index in [9.17, 15) is 8.42 Å². The Bertz CT molecular complexity index is 416. The van der Waals surface area contributed by atoms with Gasteiger partial charge in [0.1, 0.15) is 5.25 Å². The zero-order valence-electron chi connectivity index (χ0n) is 7.84. The Kier molecular flexibility index (Phi) is 2.28. The third-order valence-corrected chi connectivity index (χ3v) is 4.75. The van der Waals surface area contributed by atoms with Crippen LogP contribution in [0.4, 0.5) is 0 Å². The minimum Gasteiger partial charge on any atom is -0.314 e. The number of likely N-dealkylation sites (N-methyl/N-ethyl adjacent to an activating group) is 1. The van der Waals surface area contributed by atoms with Crippen LogP contribution in [0.3, 0.4) is 0 Å². The Morgan fingerprint density at radius 2 is 2.36 bits per heavy atom. The first-order chi connectivity index (χ1) is 6.65. The summed E-state index contributed by atoms with van der Waals surface area (Å²) in [6.45, 7) is 0. The molecule has 0 aliphatic carbocycles. The van der Waals surface area contributed by atoms with Crippen LogP contribution in [0.1, 0.15) is 10.8 Å². The van der Waals surface area contributed by atoms with Crippen molar-refractivity contribution in [3.8, 4) is 0 Å². The summed E-state index contributed by atoms with van der Waals surface area (Å²) in [6, 6.07) is 3.60. The molecule has 1 aromatic heterocycles. The summed E-state index contributed by atoms with van der Waals surface area (Å²) in [5.41, 5.74) is 0.776. The molecule has 1 aromatic rings. The predicted molar refractivity (Wildman–Crippen MR) is 53.6 cm³/mol. The lowest BCUT2D eigenvalue weighted by Gasteiger charge is -2.35. The zero-order valence-corrected chi connectivity index (χ0v) is 8.66. The van der Waals surface area contributed by atoms with Gasteiger partial charge in [-0.3, -0.25) is 4.98 Å². The van der Waals surface area contributed by atoms with Crippen molar-refractivity contribution in [1.82, 2.24) is 10.3 Å². The molecule has 0 aromatic carbocycles. The second-order valence-electron chi connectivity index (χ2n) is 3.43. The first kappa shape index (κ1) is 9.61. The van der Waals surface area contributed by atoms with Gasteiger partial charge in [-0.2, -0.15) is 0 Å². The first-order valence-electron chi connectivity index (χ1n) is 4.44. The Morgan fingerprint density at radius 1 is 1.57 bits per heavy atom. The minimum atomic E-state index is -2.94. The van der Waals surface area contributed by atoms with Crippen LogP contribution in [-0.4, -0.2) is 32.2 Å². The minimum absolute atomic E-state index is 0.0317. The third kappa shape index (κ3) is 1.42. The van der Waals surface area contributed by atoms with Gasteiger partial charge < -0.3 is 5.32 Å². The van der Waals surface area contributed by atoms with Gasteiger partial charge in [-0.1, -0.05) is 6.07 Å². The van der Waals surface area contributed by atoms with Gasteiger partial charge in [-0.25, -0.2) is 8.42 Å². The zero-order chi connectivity index (χ0) is 10.2. The van der Waals surface area contributed by atoms with Crippen molar-refractivity contribution in [2.45, 2.75) is 11.3 Å². The van der Waals surface area contributed by atoms with E-state index < -0.39 is 15.1 Å². The summed E-state index contributed by atoms with van der Waals surface area (Å²) < 4.78 is 23.0. The van der Waals surface area contributed by atoms with E-state index in [0.29, 0.717) is 0 Å². The molecule has 76 valence electrons. The molecule has 1 aliphatic rings. The van der Waals surface area contributed by atoms with Crippen LogP contribution in [0.5, 0.6) is 0 Å². The van der Waals surface area contributed by atoms with Crippen molar-refractivity contribution in [2.24, 2.45) is 0 Å². The average molecular weight is 212 g/mol. The molecule has 4 nitrogen and oxygen atoms in total. The van der Waals surface area contributed by atoms with Crippen LogP contribution in [-0.2, 0) is 9.84 Å². The average Bonchev–Trinajstić information content (AvgIpc) is 2.16. The molecule has 0 saturated carbocycles. The number of aromatic nitrogens is 1. The summed E-state index contributed by atoms with van der Waals surface area (Å²) in [6.07, 6.45) is 3.26. The molecule has 0 spiro atoms. The fourth-order valence-electron chi connectivity index (χ4n) is 1.79. The first-order valence-corrected chi connectivity index (χ1v) is 6.15. The van der Waals surface area contributed by atoms with E-state index in [2.05, 4.69) is 10.3 Å². The highest BCUT2D eigenvalue weighted by atomic mass is 32.2. The number of nitrogens with one attached hydrogen (secondary N) is 1. The summed E-state index contributed by atoms with van der Waals surface area (Å²) in [5, 5.41) is 2.58. The van der Waals surface area contributed by atoms with E-state index >= 15 is 0 Å². The second-order valence-corrected chi connectivity index (χ2v) is 5.60. The molecule has 14 heavy (non-hydrogen) atoms. The van der Waals surface area contributed by atoms with Crippen molar-refractivity contribution >= 4 is 9.84 Å². The third-order valence-electron chi connectivity index (χ3n) is 2.55. The van der Waals surface area contributed by atoms with Crippen LogP contribution in [0.15, 0.2) is 24.5 Å². The summed E-state index contributed by atoms with van der Waals surface area (Å²) in [4.78, 5) is 3.93. The van der Waals surface area contributed by atoms with E-state index in [4.69, 9.17) is 0 Å². The quantitative estimate of drug-likeness (QED) is 0.757. The number of pyridine rings is 1. The Labute approximate surface area is 83.3 Å². The highest BCUT2D eigenvalue weighted by Crippen LogP contribution is 2.35. The maximum atomic E-state index is 11.5. The molecule has 1 N–H and O–H groups in total. The van der Waals surface area contributed by atoms with Crippen molar-refractivity contribution in [3.05, 3.63) is 30.1 Å². The van der Waals surface area contributed by atoms with Gasteiger partial charge in [0, 0.05) is 18.4 Å². The lowest BCUT2D eigenvalue weighted by Crippen LogP contribution is -2.52. The molecule has 5 heteroatoms. The SMILES string of the molecule is CNC1CS(=O)(=O)C1c1cccnc1. The smallest absolute Gasteiger partial charge is 0.160 e. The van der Waals surface area contributed by atoms with Crippen LogP contribution >= 0.6 is 0 Å². The van der Waals surface area contributed by atoms with Gasteiger partial charge >= 0.3 is 0 Å². The molecule has 2 heterocycles. The standard InChI is InChI=1S/C9H12N2O2S/c1-10-8-6-14(12,13)9(8)7-3-2-4-11-5-7/h2-5,8-10H,6H2,1H3. The van der Waals surface area contributed by atoms with E-state index in [1.165, 1.54) is 0 Å². The lowest BCUT2D eigenvalue weighted by atomic mass is 10.1. The maximum Gasteiger partial charge on any atom is 0.160 e. The number of nitrogens with zero attached hydrogens (tertiary/aromatic N) is 1. The van der Waals surface area contributed by atoms with E-state index in [0.717, 1.165) is 5.56 Å². The Morgan fingerprint density at radius 3 is 2.86 bits per heavy atom. The fraction of sp³-hybridized carbons (Fsp3) is 0.444. The van der Waals surface area contributed by atoms with E-state index in [1.807, 2.05) is 0 Å². The molecular weight excluding hydrogens is 200 g/mol. The number of hydrogen-bond donors (Lipinski definition) is 1. The van der Waals surface area contributed by atoms with Gasteiger partial charge in [0.2, 0.25) is 0 Å². The fourth-order valence-corrected chi connectivity index (χ4v) is 3.78. The molecule has 0 radical (unpaired) electrons. The molecule has 2 rings (SSSR count). The molecule has 1 fully saturated rings. The number of hydrogen-bond acceptors (Lipinski definition) is 4. The topological polar surface area (TPSA) is 59.1 Å². The molecule has 0 bridgehead atoms. The summed E-state index contributed by atoms with van der Waals surface area (Å²) in [5.74, 6) is 0.225. The number of rotatable bonds is 2. The van der Waals surface area contributed by atoms with Crippen molar-refractivity contribution in [1.29, 1.82) is 0 Å². The van der Waals surface area contributed by atoms with Crippen molar-refractivity contribution in [3.63, 3.8) is 0 Å². The second kappa shape index (κ2) is 3.33.